The third kappa shape index (κ3) is 6.59. The third-order valence-electron chi connectivity index (χ3n) is 5.06. The minimum Gasteiger partial charge on any atom is -0.494 e. The zero-order chi connectivity index (χ0) is 26.2. The molecule has 10 heteroatoms. The monoisotopic (exact) mass is 521 g/mol. The number of amides is 2. The van der Waals surface area contributed by atoms with Crippen LogP contribution >= 0.6 is 11.6 Å². The zero-order valence-corrected chi connectivity index (χ0v) is 20.9. The molecular weight excluding hydrogens is 498 g/mol. The lowest BCUT2D eigenvalue weighted by Crippen LogP contribution is -2.20. The number of ether oxygens (including phenoxy) is 3. The zero-order valence-electron chi connectivity index (χ0n) is 20.1. The lowest BCUT2D eigenvalue weighted by Gasteiger charge is -2.13. The maximum absolute atomic E-state index is 12.5. The van der Waals surface area contributed by atoms with Gasteiger partial charge in [0, 0.05) is 11.1 Å². The number of furan rings is 1. The normalized spacial score (nSPS) is 10.9. The van der Waals surface area contributed by atoms with Crippen molar-refractivity contribution in [2.75, 3.05) is 25.6 Å². The molecule has 0 spiro atoms. The van der Waals surface area contributed by atoms with Crippen molar-refractivity contribution in [3.63, 3.8) is 0 Å². The average Bonchev–Trinajstić information content (AvgIpc) is 3.32. The fraction of sp³-hybridized carbons (Fsp3) is 0.148. The van der Waals surface area contributed by atoms with Gasteiger partial charge >= 0.3 is 5.91 Å². The molecule has 0 radical (unpaired) electrons. The number of nitrogens with one attached hydrogen (secondary N) is 2. The molecule has 0 aliphatic rings. The van der Waals surface area contributed by atoms with E-state index in [0.29, 0.717) is 34.9 Å². The number of halogens is 1. The Bertz CT molecular complexity index is 1440. The second-order valence-electron chi connectivity index (χ2n) is 7.68. The summed E-state index contributed by atoms with van der Waals surface area (Å²) in [5, 5.41) is 7.65. The molecule has 0 aliphatic heterocycles. The number of hydrazone groups is 1. The van der Waals surface area contributed by atoms with Crippen LogP contribution in [0.25, 0.3) is 11.0 Å². The summed E-state index contributed by atoms with van der Waals surface area (Å²) in [6.45, 7) is 2.17. The average molecular weight is 522 g/mol. The molecule has 9 nitrogen and oxygen atoms in total. The van der Waals surface area contributed by atoms with Crippen molar-refractivity contribution in [2.45, 2.75) is 6.92 Å². The lowest BCUT2D eigenvalue weighted by atomic mass is 10.2. The number of carbonyl (C=O) groups excluding carboxylic acids is 2. The summed E-state index contributed by atoms with van der Waals surface area (Å²) < 4.78 is 22.0. The van der Waals surface area contributed by atoms with Crippen molar-refractivity contribution in [3.05, 3.63) is 83.1 Å². The first-order valence-corrected chi connectivity index (χ1v) is 11.7. The highest BCUT2D eigenvalue weighted by Crippen LogP contribution is 2.36. The standard InChI is InChI=1S/C27H24ClN3O6/c1-3-35-20-9-10-22-18(13-20)14-24(37-22)27(33)31-29-15-17-11-21(28)26(23(12-17)34-2)36-16-25(32)30-19-7-5-4-6-8-19/h4-15H,3,16H2,1-2H3,(H,30,32)(H,31,33)/b29-15+. The maximum atomic E-state index is 12.5. The number of anilines is 1. The van der Waals surface area contributed by atoms with E-state index in [9.17, 15) is 9.59 Å². The van der Waals surface area contributed by atoms with Gasteiger partial charge in [0.15, 0.2) is 23.9 Å². The van der Waals surface area contributed by atoms with Gasteiger partial charge in [-0.25, -0.2) is 5.43 Å². The van der Waals surface area contributed by atoms with Gasteiger partial charge in [-0.3, -0.25) is 9.59 Å². The fourth-order valence-electron chi connectivity index (χ4n) is 3.42. The minimum atomic E-state index is -0.521. The minimum absolute atomic E-state index is 0.105. The first-order valence-electron chi connectivity index (χ1n) is 11.3. The van der Waals surface area contributed by atoms with Crippen LogP contribution in [-0.4, -0.2) is 38.4 Å². The molecule has 190 valence electrons. The van der Waals surface area contributed by atoms with Crippen LogP contribution in [0.15, 0.2) is 76.2 Å². The summed E-state index contributed by atoms with van der Waals surface area (Å²) in [6, 6.07) is 19.1. The number of carbonyl (C=O) groups is 2. The van der Waals surface area contributed by atoms with Crippen molar-refractivity contribution in [2.24, 2.45) is 5.10 Å². The lowest BCUT2D eigenvalue weighted by molar-refractivity contribution is -0.118. The van der Waals surface area contributed by atoms with E-state index in [1.807, 2.05) is 25.1 Å². The quantitative estimate of drug-likeness (QED) is 0.217. The Morgan fingerprint density at radius 2 is 1.86 bits per heavy atom. The Balaban J connectivity index is 1.38. The summed E-state index contributed by atoms with van der Waals surface area (Å²) >= 11 is 6.36. The molecule has 2 amide bonds. The number of fused-ring (bicyclic) bond motifs is 1. The van der Waals surface area contributed by atoms with E-state index in [1.54, 1.807) is 48.5 Å². The summed E-state index contributed by atoms with van der Waals surface area (Å²) in [5.41, 5.74) is 4.17. The molecule has 0 fully saturated rings. The number of hydrogen-bond donors (Lipinski definition) is 2. The van der Waals surface area contributed by atoms with E-state index >= 15 is 0 Å². The molecule has 0 aliphatic carbocycles. The van der Waals surface area contributed by atoms with Gasteiger partial charge in [-0.2, -0.15) is 5.10 Å². The molecule has 2 N–H and O–H groups in total. The highest BCUT2D eigenvalue weighted by atomic mass is 35.5. The SMILES string of the molecule is CCOc1ccc2oc(C(=O)N/N=C/c3cc(Cl)c(OCC(=O)Nc4ccccc4)c(OC)c3)cc2c1. The van der Waals surface area contributed by atoms with E-state index in [4.69, 9.17) is 30.2 Å². The van der Waals surface area contributed by atoms with Crippen molar-refractivity contribution in [3.8, 4) is 17.2 Å². The Morgan fingerprint density at radius 1 is 1.05 bits per heavy atom. The predicted molar refractivity (Wildman–Crippen MR) is 141 cm³/mol. The second kappa shape index (κ2) is 12.0. The van der Waals surface area contributed by atoms with Gasteiger partial charge in [-0.05, 0) is 61.0 Å². The van der Waals surface area contributed by atoms with Crippen LogP contribution in [0, 0.1) is 0 Å². The van der Waals surface area contributed by atoms with Crippen LogP contribution in [0.1, 0.15) is 23.0 Å². The molecule has 4 aromatic rings. The number of hydrogen-bond acceptors (Lipinski definition) is 7. The Hall–Kier alpha value is -4.50. The van der Waals surface area contributed by atoms with Gasteiger partial charge < -0.3 is 23.9 Å². The van der Waals surface area contributed by atoms with Gasteiger partial charge in [0.2, 0.25) is 0 Å². The molecule has 0 atom stereocenters. The highest BCUT2D eigenvalue weighted by Gasteiger charge is 2.15. The van der Waals surface area contributed by atoms with Gasteiger partial charge in [-0.15, -0.1) is 0 Å². The number of nitrogens with zero attached hydrogens (tertiary/aromatic N) is 1. The fourth-order valence-corrected chi connectivity index (χ4v) is 3.69. The first kappa shape index (κ1) is 25.6. The number of rotatable bonds is 10. The largest absolute Gasteiger partial charge is 0.494 e. The van der Waals surface area contributed by atoms with E-state index in [0.717, 1.165) is 5.39 Å². The molecular formula is C27H24ClN3O6. The van der Waals surface area contributed by atoms with Crippen molar-refractivity contribution in [1.82, 2.24) is 5.43 Å². The van der Waals surface area contributed by atoms with Gasteiger partial charge in [0.05, 0.1) is 25.0 Å². The van der Waals surface area contributed by atoms with E-state index < -0.39 is 5.91 Å². The molecule has 37 heavy (non-hydrogen) atoms. The van der Waals surface area contributed by atoms with Crippen LogP contribution in [0.4, 0.5) is 5.69 Å². The molecule has 0 bridgehead atoms. The molecule has 1 aromatic heterocycles. The summed E-state index contributed by atoms with van der Waals surface area (Å²) in [6.07, 6.45) is 1.40. The van der Waals surface area contributed by atoms with Gasteiger partial charge in [0.25, 0.3) is 5.91 Å². The van der Waals surface area contributed by atoms with Crippen molar-refractivity contribution in [1.29, 1.82) is 0 Å². The topological polar surface area (TPSA) is 111 Å². The van der Waals surface area contributed by atoms with Crippen LogP contribution in [-0.2, 0) is 4.79 Å². The summed E-state index contributed by atoms with van der Waals surface area (Å²) in [7, 11) is 1.45. The van der Waals surface area contributed by atoms with Crippen LogP contribution in [0.3, 0.4) is 0 Å². The Morgan fingerprint density at radius 3 is 2.62 bits per heavy atom. The van der Waals surface area contributed by atoms with E-state index in [1.165, 1.54) is 13.3 Å². The second-order valence-corrected chi connectivity index (χ2v) is 8.09. The van der Waals surface area contributed by atoms with Crippen molar-refractivity contribution >= 4 is 46.3 Å². The molecule has 4 rings (SSSR count). The Kier molecular flexibility index (Phi) is 8.27. The Labute approximate surface area is 218 Å². The van der Waals surface area contributed by atoms with E-state index in [-0.39, 0.29) is 29.0 Å². The van der Waals surface area contributed by atoms with Gasteiger partial charge in [-0.1, -0.05) is 29.8 Å². The van der Waals surface area contributed by atoms with Crippen LogP contribution in [0.5, 0.6) is 17.2 Å². The summed E-state index contributed by atoms with van der Waals surface area (Å²) in [5.74, 6) is 0.437. The van der Waals surface area contributed by atoms with Crippen LogP contribution < -0.4 is 25.0 Å². The third-order valence-corrected chi connectivity index (χ3v) is 5.34. The van der Waals surface area contributed by atoms with Crippen molar-refractivity contribution < 1.29 is 28.2 Å². The smallest absolute Gasteiger partial charge is 0.307 e. The number of para-hydroxylation sites is 1. The van der Waals surface area contributed by atoms with Gasteiger partial charge in [0.1, 0.15) is 11.3 Å². The molecule has 0 saturated carbocycles. The van der Waals surface area contributed by atoms with Crippen LogP contribution in [0.2, 0.25) is 5.02 Å². The highest BCUT2D eigenvalue weighted by molar-refractivity contribution is 6.32. The molecule has 1 heterocycles. The number of methoxy groups -OCH3 is 1. The molecule has 3 aromatic carbocycles. The number of benzene rings is 3. The predicted octanol–water partition coefficient (Wildman–Crippen LogP) is 5.27. The maximum Gasteiger partial charge on any atom is 0.307 e. The first-order chi connectivity index (χ1) is 18.0. The van der Waals surface area contributed by atoms with E-state index in [2.05, 4.69) is 15.8 Å². The molecule has 0 saturated heterocycles. The molecule has 0 unspecified atom stereocenters. The summed E-state index contributed by atoms with van der Waals surface area (Å²) in [4.78, 5) is 24.7.